The van der Waals surface area contributed by atoms with Crippen LogP contribution in [0.1, 0.15) is 39.2 Å². The number of halogens is 1. The molecule has 0 spiro atoms. The average molecular weight is 371 g/mol. The molecule has 0 unspecified atom stereocenters. The van der Waals surface area contributed by atoms with Gasteiger partial charge in [-0.2, -0.15) is 0 Å². The number of piperidine rings is 1. The average Bonchev–Trinajstić information content (AvgIpc) is 2.57. The molecule has 1 amide bonds. The van der Waals surface area contributed by atoms with Crippen molar-refractivity contribution in [3.05, 3.63) is 23.8 Å². The highest BCUT2D eigenvalue weighted by Gasteiger charge is 2.24. The van der Waals surface area contributed by atoms with Gasteiger partial charge in [0.15, 0.2) is 11.5 Å². The molecule has 2 N–H and O–H groups in total. The number of nitrogens with one attached hydrogen (secondary N) is 2. The van der Waals surface area contributed by atoms with Crippen molar-refractivity contribution in [3.63, 3.8) is 0 Å². The number of hydrogen-bond acceptors (Lipinski definition) is 4. The summed E-state index contributed by atoms with van der Waals surface area (Å²) in [6, 6.07) is 6.41. The summed E-state index contributed by atoms with van der Waals surface area (Å²) in [4.78, 5) is 12.3. The Kier molecular flexibility index (Phi) is 9.68. The largest absolute Gasteiger partial charge is 0.490 e. The second-order valence-electron chi connectivity index (χ2n) is 6.26. The summed E-state index contributed by atoms with van der Waals surface area (Å²) in [6.07, 6.45) is 2.63. The van der Waals surface area contributed by atoms with E-state index in [2.05, 4.69) is 17.6 Å². The lowest BCUT2D eigenvalue weighted by molar-refractivity contribution is -0.126. The van der Waals surface area contributed by atoms with Crippen molar-refractivity contribution in [1.29, 1.82) is 0 Å². The van der Waals surface area contributed by atoms with Crippen LogP contribution in [0.3, 0.4) is 0 Å². The topological polar surface area (TPSA) is 59.6 Å². The van der Waals surface area contributed by atoms with E-state index in [9.17, 15) is 4.79 Å². The molecule has 1 aromatic carbocycles. The quantitative estimate of drug-likeness (QED) is 0.738. The molecule has 142 valence electrons. The SMILES string of the molecule is CCOc1ccc(CCNC(=O)[C@H]2CCN[C@@H](C)C2)cc1OCC.Cl. The van der Waals surface area contributed by atoms with Gasteiger partial charge in [0.2, 0.25) is 5.91 Å². The number of carbonyl (C=O) groups is 1. The summed E-state index contributed by atoms with van der Waals surface area (Å²) in [5.41, 5.74) is 1.14. The van der Waals surface area contributed by atoms with Gasteiger partial charge >= 0.3 is 0 Å². The van der Waals surface area contributed by atoms with Crippen LogP contribution < -0.4 is 20.1 Å². The highest BCUT2D eigenvalue weighted by atomic mass is 35.5. The van der Waals surface area contributed by atoms with E-state index in [1.165, 1.54) is 0 Å². The van der Waals surface area contributed by atoms with Crippen molar-refractivity contribution in [1.82, 2.24) is 10.6 Å². The molecule has 2 atom stereocenters. The van der Waals surface area contributed by atoms with Crippen molar-refractivity contribution < 1.29 is 14.3 Å². The lowest BCUT2D eigenvalue weighted by Crippen LogP contribution is -2.42. The summed E-state index contributed by atoms with van der Waals surface area (Å²) >= 11 is 0. The highest BCUT2D eigenvalue weighted by molar-refractivity contribution is 5.85. The minimum Gasteiger partial charge on any atom is -0.490 e. The molecule has 1 aromatic rings. The van der Waals surface area contributed by atoms with Crippen LogP contribution in [0.25, 0.3) is 0 Å². The molecule has 6 heteroatoms. The first-order chi connectivity index (χ1) is 11.6. The van der Waals surface area contributed by atoms with Crippen LogP contribution in [0.2, 0.25) is 0 Å². The number of ether oxygens (including phenoxy) is 2. The van der Waals surface area contributed by atoms with Gasteiger partial charge in [-0.3, -0.25) is 4.79 Å². The third-order valence-corrected chi connectivity index (χ3v) is 4.32. The van der Waals surface area contributed by atoms with E-state index in [4.69, 9.17) is 9.47 Å². The zero-order valence-corrected chi connectivity index (χ0v) is 16.3. The summed E-state index contributed by atoms with van der Waals surface area (Å²) in [7, 11) is 0. The molecular weight excluding hydrogens is 340 g/mol. The van der Waals surface area contributed by atoms with Gasteiger partial charge in [0.1, 0.15) is 0 Å². The lowest BCUT2D eigenvalue weighted by atomic mass is 9.92. The predicted octanol–water partition coefficient (Wildman–Crippen LogP) is 2.95. The van der Waals surface area contributed by atoms with Crippen molar-refractivity contribution in [2.75, 3.05) is 26.3 Å². The molecule has 1 fully saturated rings. The van der Waals surface area contributed by atoms with Crippen LogP contribution in [-0.4, -0.2) is 38.3 Å². The molecule has 2 rings (SSSR count). The normalized spacial score (nSPS) is 19.6. The van der Waals surface area contributed by atoms with E-state index >= 15 is 0 Å². The van der Waals surface area contributed by atoms with Crippen LogP contribution in [-0.2, 0) is 11.2 Å². The Labute approximate surface area is 157 Å². The molecule has 0 bridgehead atoms. The molecule has 25 heavy (non-hydrogen) atoms. The number of carbonyl (C=O) groups excluding carboxylic acids is 1. The Bertz CT molecular complexity index is 539. The monoisotopic (exact) mass is 370 g/mol. The van der Waals surface area contributed by atoms with E-state index in [0.29, 0.717) is 25.8 Å². The van der Waals surface area contributed by atoms with Gasteiger partial charge in [-0.15, -0.1) is 12.4 Å². The van der Waals surface area contributed by atoms with E-state index < -0.39 is 0 Å². The molecular formula is C19H31ClN2O3. The van der Waals surface area contributed by atoms with Gasteiger partial charge in [0.25, 0.3) is 0 Å². The Morgan fingerprint density at radius 2 is 1.96 bits per heavy atom. The first kappa shape index (κ1) is 21.6. The molecule has 5 nitrogen and oxygen atoms in total. The standard InChI is InChI=1S/C19H30N2O3.ClH/c1-4-23-17-7-6-15(13-18(17)24-5-2)8-10-21-19(22)16-9-11-20-14(3)12-16;/h6-7,13-14,16,20H,4-5,8-12H2,1-3H3,(H,21,22);1H/t14-,16-;/m0./s1. The third kappa shape index (κ3) is 6.75. The number of hydrogen-bond donors (Lipinski definition) is 2. The maximum Gasteiger partial charge on any atom is 0.223 e. The fraction of sp³-hybridized carbons (Fsp3) is 0.632. The van der Waals surface area contributed by atoms with E-state index in [1.54, 1.807) is 0 Å². The number of rotatable bonds is 8. The van der Waals surface area contributed by atoms with E-state index in [0.717, 1.165) is 42.9 Å². The number of amides is 1. The Hall–Kier alpha value is -1.46. The molecule has 0 aliphatic carbocycles. The molecule has 0 aromatic heterocycles. The van der Waals surface area contributed by atoms with Crippen molar-refractivity contribution in [2.24, 2.45) is 5.92 Å². The fourth-order valence-electron chi connectivity index (χ4n) is 3.10. The molecule has 1 saturated heterocycles. The maximum absolute atomic E-state index is 12.3. The molecule has 0 radical (unpaired) electrons. The smallest absolute Gasteiger partial charge is 0.223 e. The molecule has 0 saturated carbocycles. The van der Waals surface area contributed by atoms with Gasteiger partial charge in [-0.25, -0.2) is 0 Å². The lowest BCUT2D eigenvalue weighted by Gasteiger charge is -2.27. The van der Waals surface area contributed by atoms with Crippen molar-refractivity contribution >= 4 is 18.3 Å². The first-order valence-electron chi connectivity index (χ1n) is 9.03. The highest BCUT2D eigenvalue weighted by Crippen LogP contribution is 2.28. The van der Waals surface area contributed by atoms with Crippen LogP contribution in [0.4, 0.5) is 0 Å². The van der Waals surface area contributed by atoms with Gasteiger partial charge in [-0.1, -0.05) is 6.07 Å². The summed E-state index contributed by atoms with van der Waals surface area (Å²) in [5, 5.41) is 6.45. The van der Waals surface area contributed by atoms with Crippen molar-refractivity contribution in [3.8, 4) is 11.5 Å². The summed E-state index contributed by atoms with van der Waals surface area (Å²) < 4.78 is 11.2. The minimum absolute atomic E-state index is 0. The van der Waals surface area contributed by atoms with Crippen LogP contribution >= 0.6 is 12.4 Å². The Morgan fingerprint density at radius 1 is 1.24 bits per heavy atom. The maximum atomic E-state index is 12.3. The second kappa shape index (κ2) is 11.2. The van der Waals surface area contributed by atoms with E-state index in [-0.39, 0.29) is 24.2 Å². The van der Waals surface area contributed by atoms with Gasteiger partial charge in [-0.05, 0) is 64.3 Å². The fourth-order valence-corrected chi connectivity index (χ4v) is 3.10. The third-order valence-electron chi connectivity index (χ3n) is 4.32. The van der Waals surface area contributed by atoms with Crippen LogP contribution in [0.15, 0.2) is 18.2 Å². The second-order valence-corrected chi connectivity index (χ2v) is 6.26. The summed E-state index contributed by atoms with van der Waals surface area (Å²) in [5.74, 6) is 1.87. The Balaban J connectivity index is 0.00000312. The molecule has 1 aliphatic rings. The minimum atomic E-state index is 0. The van der Waals surface area contributed by atoms with Gasteiger partial charge in [0.05, 0.1) is 13.2 Å². The van der Waals surface area contributed by atoms with Crippen LogP contribution in [0.5, 0.6) is 11.5 Å². The molecule has 1 aliphatic heterocycles. The predicted molar refractivity (Wildman–Crippen MR) is 103 cm³/mol. The van der Waals surface area contributed by atoms with Gasteiger partial charge < -0.3 is 20.1 Å². The molecule has 1 heterocycles. The first-order valence-corrected chi connectivity index (χ1v) is 9.03. The Morgan fingerprint density at radius 3 is 2.64 bits per heavy atom. The van der Waals surface area contributed by atoms with Crippen molar-refractivity contribution in [2.45, 2.75) is 46.1 Å². The summed E-state index contributed by atoms with van der Waals surface area (Å²) in [6.45, 7) is 8.85. The zero-order chi connectivity index (χ0) is 17.4. The number of benzene rings is 1. The van der Waals surface area contributed by atoms with Gasteiger partial charge in [0, 0.05) is 18.5 Å². The zero-order valence-electron chi connectivity index (χ0n) is 15.5. The van der Waals surface area contributed by atoms with E-state index in [1.807, 2.05) is 32.0 Å². The van der Waals surface area contributed by atoms with Crippen LogP contribution in [0, 0.1) is 5.92 Å².